The first-order valence-electron chi connectivity index (χ1n) is 21.3. The van der Waals surface area contributed by atoms with Crippen LogP contribution in [0.25, 0.3) is 93.2 Å². The smallest absolute Gasteiger partial charge is 0.0619 e. The van der Waals surface area contributed by atoms with E-state index in [1.54, 1.807) is 0 Å². The fraction of sp³-hybridized carbons (Fsp3) is 0. The van der Waals surface area contributed by atoms with Gasteiger partial charge in [0.25, 0.3) is 0 Å². The molecule has 0 atom stereocenters. The maximum Gasteiger partial charge on any atom is 0.0619 e. The van der Waals surface area contributed by atoms with Gasteiger partial charge >= 0.3 is 0 Å². The van der Waals surface area contributed by atoms with Crippen LogP contribution < -0.4 is 4.90 Å². The van der Waals surface area contributed by atoms with Crippen LogP contribution in [-0.4, -0.2) is 4.57 Å². The summed E-state index contributed by atoms with van der Waals surface area (Å²) in [5.74, 6) is 0. The van der Waals surface area contributed by atoms with E-state index in [4.69, 9.17) is 0 Å². The molecule has 12 rings (SSSR count). The summed E-state index contributed by atoms with van der Waals surface area (Å²) < 4.78 is 2.44. The van der Waals surface area contributed by atoms with Crippen molar-refractivity contribution in [3.8, 4) is 39.1 Å². The number of anilines is 3. The van der Waals surface area contributed by atoms with Crippen LogP contribution in [-0.2, 0) is 0 Å². The van der Waals surface area contributed by atoms with Crippen molar-refractivity contribution in [3.05, 3.63) is 243 Å². The zero-order valence-electron chi connectivity index (χ0n) is 34.0. The predicted octanol–water partition coefficient (Wildman–Crippen LogP) is 16.7. The molecule has 62 heavy (non-hydrogen) atoms. The number of hydrogen-bond acceptors (Lipinski definition) is 1. The summed E-state index contributed by atoms with van der Waals surface area (Å²) in [6.45, 7) is 0. The Morgan fingerprint density at radius 3 is 1.44 bits per heavy atom. The number of hydrogen-bond donors (Lipinski definition) is 0. The average Bonchev–Trinajstić information content (AvgIpc) is 3.69. The topological polar surface area (TPSA) is 8.17 Å². The Kier molecular flexibility index (Phi) is 8.53. The van der Waals surface area contributed by atoms with E-state index >= 15 is 0 Å². The monoisotopic (exact) mass is 788 g/mol. The van der Waals surface area contributed by atoms with Crippen LogP contribution >= 0.6 is 0 Å². The van der Waals surface area contributed by atoms with E-state index in [0.717, 1.165) is 22.7 Å². The minimum Gasteiger partial charge on any atom is -0.310 e. The van der Waals surface area contributed by atoms with E-state index in [-0.39, 0.29) is 0 Å². The molecule has 1 heterocycles. The summed E-state index contributed by atoms with van der Waals surface area (Å²) in [5.41, 5.74) is 14.1. The Morgan fingerprint density at radius 2 is 0.726 bits per heavy atom. The largest absolute Gasteiger partial charge is 0.310 e. The number of para-hydroxylation sites is 1. The lowest BCUT2D eigenvalue weighted by atomic mass is 9.98. The summed E-state index contributed by atoms with van der Waals surface area (Å²) in [7, 11) is 0. The second kappa shape index (κ2) is 14.8. The van der Waals surface area contributed by atoms with Gasteiger partial charge in [0, 0.05) is 38.9 Å². The van der Waals surface area contributed by atoms with Crippen molar-refractivity contribution in [1.29, 1.82) is 0 Å². The lowest BCUT2D eigenvalue weighted by molar-refractivity contribution is 1.19. The SMILES string of the molecule is c1ccc(-c2cccc(-c3ccc(N(c4ccc(-c5ccc6c7ccc8ccccc8c7n(-c7ccccc7)c6c5)cc4)c4ccc5c(ccc6ccccc65)c4)cc3)c2)cc1. The Labute approximate surface area is 360 Å². The normalized spacial score (nSPS) is 11.5. The van der Waals surface area contributed by atoms with Gasteiger partial charge in [-0.3, -0.25) is 0 Å². The Hall–Kier alpha value is -8.20. The average molecular weight is 789 g/mol. The van der Waals surface area contributed by atoms with Crippen molar-refractivity contribution in [2.24, 2.45) is 0 Å². The second-order valence-corrected chi connectivity index (χ2v) is 16.2. The first kappa shape index (κ1) is 35.7. The van der Waals surface area contributed by atoms with Gasteiger partial charge in [0.1, 0.15) is 0 Å². The minimum absolute atomic E-state index is 1.10. The molecule has 0 aliphatic carbocycles. The van der Waals surface area contributed by atoms with E-state index < -0.39 is 0 Å². The fourth-order valence-electron chi connectivity index (χ4n) is 9.50. The molecular weight excluding hydrogens is 749 g/mol. The number of aromatic nitrogens is 1. The van der Waals surface area contributed by atoms with Gasteiger partial charge < -0.3 is 9.47 Å². The summed E-state index contributed by atoms with van der Waals surface area (Å²) in [6.07, 6.45) is 0. The molecule has 0 bridgehead atoms. The molecule has 0 saturated heterocycles. The van der Waals surface area contributed by atoms with Crippen LogP contribution in [0.3, 0.4) is 0 Å². The molecule has 0 spiro atoms. The van der Waals surface area contributed by atoms with Crippen LogP contribution in [0.4, 0.5) is 17.1 Å². The van der Waals surface area contributed by atoms with Crippen LogP contribution in [0.15, 0.2) is 243 Å². The third-order valence-electron chi connectivity index (χ3n) is 12.5. The van der Waals surface area contributed by atoms with E-state index in [0.29, 0.717) is 0 Å². The van der Waals surface area contributed by atoms with Gasteiger partial charge in [-0.25, -0.2) is 0 Å². The highest BCUT2D eigenvalue weighted by Gasteiger charge is 2.18. The molecule has 0 radical (unpaired) electrons. The predicted molar refractivity (Wildman–Crippen MR) is 264 cm³/mol. The Bertz CT molecular complexity index is 3600. The molecule has 290 valence electrons. The molecule has 0 unspecified atom stereocenters. The lowest BCUT2D eigenvalue weighted by Gasteiger charge is -2.26. The first-order valence-corrected chi connectivity index (χ1v) is 21.3. The number of nitrogens with zero attached hydrogens (tertiary/aromatic N) is 2. The molecule has 12 aromatic rings. The van der Waals surface area contributed by atoms with E-state index in [9.17, 15) is 0 Å². The van der Waals surface area contributed by atoms with Crippen molar-refractivity contribution >= 4 is 71.2 Å². The van der Waals surface area contributed by atoms with Crippen LogP contribution in [0.5, 0.6) is 0 Å². The van der Waals surface area contributed by atoms with Crippen LogP contribution in [0.1, 0.15) is 0 Å². The quantitative estimate of drug-likeness (QED) is 0.146. The summed E-state index contributed by atoms with van der Waals surface area (Å²) >= 11 is 0. The van der Waals surface area contributed by atoms with Gasteiger partial charge in [-0.1, -0.05) is 182 Å². The van der Waals surface area contributed by atoms with E-state index in [1.807, 2.05) is 0 Å². The van der Waals surface area contributed by atoms with Gasteiger partial charge in [0.05, 0.1) is 11.0 Å². The zero-order chi connectivity index (χ0) is 41.0. The standard InChI is InChI=1S/C60H40N2/c1-3-12-41(13-4-1)46-16-11-17-47(38-46)42-24-30-51(31-25-42)61(53-34-37-55-49(39-53)23-22-44-14-7-9-20-54(44)55)52-32-26-43(27-33-52)48-29-35-57-58-36-28-45-15-8-10-21-56(45)60(58)62(59(57)40-48)50-18-5-2-6-19-50/h1-40H. The maximum atomic E-state index is 2.44. The van der Waals surface area contributed by atoms with Gasteiger partial charge in [-0.05, 0) is 121 Å². The van der Waals surface area contributed by atoms with Gasteiger partial charge in [0.15, 0.2) is 0 Å². The van der Waals surface area contributed by atoms with Gasteiger partial charge in [-0.2, -0.15) is 0 Å². The molecule has 0 saturated carbocycles. The van der Waals surface area contributed by atoms with E-state index in [1.165, 1.54) is 87.5 Å². The molecule has 0 aliphatic heterocycles. The summed E-state index contributed by atoms with van der Waals surface area (Å²) in [5, 5.41) is 10.0. The van der Waals surface area contributed by atoms with Crippen molar-refractivity contribution in [2.45, 2.75) is 0 Å². The summed E-state index contributed by atoms with van der Waals surface area (Å²) in [4.78, 5) is 2.38. The first-order chi connectivity index (χ1) is 30.7. The van der Waals surface area contributed by atoms with Crippen molar-refractivity contribution in [1.82, 2.24) is 4.57 Å². The molecular formula is C60H40N2. The second-order valence-electron chi connectivity index (χ2n) is 16.2. The minimum atomic E-state index is 1.10. The highest BCUT2D eigenvalue weighted by Crippen LogP contribution is 2.41. The number of fused-ring (bicyclic) bond motifs is 8. The third-order valence-corrected chi connectivity index (χ3v) is 12.5. The molecule has 0 N–H and O–H groups in total. The highest BCUT2D eigenvalue weighted by atomic mass is 15.1. The highest BCUT2D eigenvalue weighted by molar-refractivity contribution is 6.19. The summed E-state index contributed by atoms with van der Waals surface area (Å²) in [6, 6.07) is 88.4. The third kappa shape index (κ3) is 6.12. The lowest BCUT2D eigenvalue weighted by Crippen LogP contribution is -2.09. The zero-order valence-corrected chi connectivity index (χ0v) is 34.0. The molecule has 2 heteroatoms. The van der Waals surface area contributed by atoms with Crippen LogP contribution in [0.2, 0.25) is 0 Å². The molecule has 0 amide bonds. The molecule has 0 fully saturated rings. The van der Waals surface area contributed by atoms with Crippen LogP contribution in [0, 0.1) is 0 Å². The molecule has 11 aromatic carbocycles. The Morgan fingerprint density at radius 1 is 0.258 bits per heavy atom. The number of benzene rings is 11. The van der Waals surface area contributed by atoms with Gasteiger partial charge in [-0.15, -0.1) is 0 Å². The maximum absolute atomic E-state index is 2.44. The van der Waals surface area contributed by atoms with Crippen molar-refractivity contribution < 1.29 is 0 Å². The van der Waals surface area contributed by atoms with Crippen molar-refractivity contribution in [3.63, 3.8) is 0 Å². The fourth-order valence-corrected chi connectivity index (χ4v) is 9.50. The number of rotatable bonds is 7. The molecule has 2 nitrogen and oxygen atoms in total. The molecule has 0 aliphatic rings. The van der Waals surface area contributed by atoms with E-state index in [2.05, 4.69) is 252 Å². The molecule has 1 aromatic heterocycles. The van der Waals surface area contributed by atoms with Gasteiger partial charge in [0.2, 0.25) is 0 Å². The van der Waals surface area contributed by atoms with Crippen molar-refractivity contribution in [2.75, 3.05) is 4.90 Å². The Balaban J connectivity index is 0.963.